The lowest BCUT2D eigenvalue weighted by molar-refractivity contribution is 0.415. The predicted molar refractivity (Wildman–Crippen MR) is 87.2 cm³/mol. The molecule has 0 saturated heterocycles. The van der Waals surface area contributed by atoms with Crippen LogP contribution in [0.5, 0.6) is 5.75 Å². The number of nitrogens with zero attached hydrogens (tertiary/aromatic N) is 1. The molecule has 0 bridgehead atoms. The quantitative estimate of drug-likeness (QED) is 0.646. The molecule has 0 saturated carbocycles. The molecule has 1 aromatic heterocycles. The smallest absolute Gasteiger partial charge is 0.124 e. The van der Waals surface area contributed by atoms with Crippen LogP contribution >= 0.6 is 27.3 Å². The van der Waals surface area contributed by atoms with Gasteiger partial charge in [0.05, 0.1) is 12.8 Å². The second kappa shape index (κ2) is 5.77. The molecule has 0 amide bonds. The van der Waals surface area contributed by atoms with Crippen molar-refractivity contribution >= 4 is 27.3 Å². The van der Waals surface area contributed by atoms with Gasteiger partial charge in [0.15, 0.2) is 0 Å². The Morgan fingerprint density at radius 1 is 1.05 bits per heavy atom. The van der Waals surface area contributed by atoms with Gasteiger partial charge in [0.1, 0.15) is 10.8 Å². The van der Waals surface area contributed by atoms with Crippen molar-refractivity contribution in [2.24, 2.45) is 0 Å². The van der Waals surface area contributed by atoms with Crippen LogP contribution in [0, 0.1) is 0 Å². The fourth-order valence-electron chi connectivity index (χ4n) is 1.93. The number of methoxy groups -OCH3 is 1. The van der Waals surface area contributed by atoms with Crippen LogP contribution in [-0.4, -0.2) is 12.1 Å². The first-order valence-electron chi connectivity index (χ1n) is 6.13. The zero-order valence-corrected chi connectivity index (χ0v) is 13.2. The topological polar surface area (TPSA) is 22.1 Å². The number of rotatable bonds is 3. The molecule has 0 atom stereocenters. The van der Waals surface area contributed by atoms with E-state index in [1.54, 1.807) is 18.4 Å². The molecule has 0 aliphatic heterocycles. The number of hydrogen-bond donors (Lipinski definition) is 0. The van der Waals surface area contributed by atoms with E-state index in [0.717, 1.165) is 32.1 Å². The molecule has 2 nitrogen and oxygen atoms in total. The van der Waals surface area contributed by atoms with Crippen molar-refractivity contribution in [3.63, 3.8) is 0 Å². The Balaban J connectivity index is 1.95. The van der Waals surface area contributed by atoms with Crippen molar-refractivity contribution in [3.05, 3.63) is 58.4 Å². The number of hydrogen-bond acceptors (Lipinski definition) is 3. The molecule has 0 fully saturated rings. The zero-order valence-electron chi connectivity index (χ0n) is 10.8. The molecule has 2 aromatic carbocycles. The van der Waals surface area contributed by atoms with E-state index in [-0.39, 0.29) is 0 Å². The summed E-state index contributed by atoms with van der Waals surface area (Å²) >= 11 is 5.21. The highest BCUT2D eigenvalue weighted by Gasteiger charge is 2.08. The first-order chi connectivity index (χ1) is 9.78. The number of halogens is 1. The maximum Gasteiger partial charge on any atom is 0.124 e. The summed E-state index contributed by atoms with van der Waals surface area (Å²) in [6, 6.07) is 16.1. The molecule has 1 heterocycles. The molecule has 0 aliphatic carbocycles. The maximum atomic E-state index is 5.17. The fraction of sp³-hybridized carbons (Fsp3) is 0.0625. The maximum absolute atomic E-state index is 5.17. The molecule has 3 rings (SSSR count). The van der Waals surface area contributed by atoms with Gasteiger partial charge in [0.2, 0.25) is 0 Å². The molecule has 100 valence electrons. The SMILES string of the molecule is COc1ccc(-c2nc(-c3ccccc3Br)cs2)cc1. The molecular formula is C16H12BrNOS. The van der Waals surface area contributed by atoms with Gasteiger partial charge >= 0.3 is 0 Å². The third-order valence-corrected chi connectivity index (χ3v) is 4.57. The third-order valence-electron chi connectivity index (χ3n) is 2.99. The minimum atomic E-state index is 0.858. The van der Waals surface area contributed by atoms with Crippen molar-refractivity contribution in [3.8, 4) is 27.6 Å². The van der Waals surface area contributed by atoms with Gasteiger partial charge in [-0.2, -0.15) is 0 Å². The monoisotopic (exact) mass is 345 g/mol. The summed E-state index contributed by atoms with van der Waals surface area (Å²) in [4.78, 5) is 4.71. The van der Waals surface area contributed by atoms with Crippen LogP contribution in [0.4, 0.5) is 0 Å². The molecule has 0 N–H and O–H groups in total. The molecule has 20 heavy (non-hydrogen) atoms. The summed E-state index contributed by atoms with van der Waals surface area (Å²) in [7, 11) is 1.67. The lowest BCUT2D eigenvalue weighted by atomic mass is 10.2. The zero-order chi connectivity index (χ0) is 13.9. The van der Waals surface area contributed by atoms with Gasteiger partial charge in [-0.3, -0.25) is 0 Å². The van der Waals surface area contributed by atoms with Crippen molar-refractivity contribution in [1.82, 2.24) is 4.98 Å². The molecule has 4 heteroatoms. The normalized spacial score (nSPS) is 10.5. The van der Waals surface area contributed by atoms with Crippen LogP contribution in [0.2, 0.25) is 0 Å². The second-order valence-electron chi connectivity index (χ2n) is 4.25. The second-order valence-corrected chi connectivity index (χ2v) is 5.96. The summed E-state index contributed by atoms with van der Waals surface area (Å²) in [5.74, 6) is 0.858. The van der Waals surface area contributed by atoms with Crippen LogP contribution in [0.1, 0.15) is 0 Å². The van der Waals surface area contributed by atoms with Gasteiger partial charge in [-0.25, -0.2) is 4.98 Å². The van der Waals surface area contributed by atoms with E-state index in [4.69, 9.17) is 9.72 Å². The first-order valence-corrected chi connectivity index (χ1v) is 7.80. The van der Waals surface area contributed by atoms with E-state index in [1.807, 2.05) is 42.5 Å². The molecule has 3 aromatic rings. The highest BCUT2D eigenvalue weighted by molar-refractivity contribution is 9.10. The van der Waals surface area contributed by atoms with Crippen molar-refractivity contribution in [2.75, 3.05) is 7.11 Å². The average molecular weight is 346 g/mol. The van der Waals surface area contributed by atoms with Crippen LogP contribution in [0.3, 0.4) is 0 Å². The molecule has 0 unspecified atom stereocenters. The van der Waals surface area contributed by atoms with Crippen LogP contribution in [0.25, 0.3) is 21.8 Å². The summed E-state index contributed by atoms with van der Waals surface area (Å²) in [5, 5.41) is 3.10. The molecular weight excluding hydrogens is 334 g/mol. The van der Waals surface area contributed by atoms with E-state index in [2.05, 4.69) is 27.4 Å². The highest BCUT2D eigenvalue weighted by atomic mass is 79.9. The predicted octanol–water partition coefficient (Wildman–Crippen LogP) is 5.25. The van der Waals surface area contributed by atoms with Crippen LogP contribution < -0.4 is 4.74 Å². The Morgan fingerprint density at radius 2 is 1.80 bits per heavy atom. The summed E-state index contributed by atoms with van der Waals surface area (Å²) < 4.78 is 6.23. The van der Waals surface area contributed by atoms with Crippen LogP contribution in [0.15, 0.2) is 58.4 Å². The molecule has 0 radical (unpaired) electrons. The van der Waals surface area contributed by atoms with E-state index in [1.165, 1.54) is 0 Å². The summed E-state index contributed by atoms with van der Waals surface area (Å²) in [5.41, 5.74) is 3.21. The lowest BCUT2D eigenvalue weighted by Crippen LogP contribution is -1.83. The van der Waals surface area contributed by atoms with Crippen molar-refractivity contribution in [2.45, 2.75) is 0 Å². The first kappa shape index (κ1) is 13.3. The Kier molecular flexibility index (Phi) is 3.85. The van der Waals surface area contributed by atoms with Gasteiger partial charge in [0, 0.05) is 21.0 Å². The van der Waals surface area contributed by atoms with Gasteiger partial charge in [-0.15, -0.1) is 11.3 Å². The molecule has 0 aliphatic rings. The Hall–Kier alpha value is -1.65. The summed E-state index contributed by atoms with van der Waals surface area (Å²) in [6.07, 6.45) is 0. The van der Waals surface area contributed by atoms with Gasteiger partial charge < -0.3 is 4.74 Å². The van der Waals surface area contributed by atoms with Crippen molar-refractivity contribution < 1.29 is 4.74 Å². The van der Waals surface area contributed by atoms with E-state index >= 15 is 0 Å². The Labute approximate surface area is 130 Å². The third kappa shape index (κ3) is 2.62. The van der Waals surface area contributed by atoms with Gasteiger partial charge in [0.25, 0.3) is 0 Å². The van der Waals surface area contributed by atoms with E-state index < -0.39 is 0 Å². The average Bonchev–Trinajstić information content (AvgIpc) is 2.97. The van der Waals surface area contributed by atoms with Crippen molar-refractivity contribution in [1.29, 1.82) is 0 Å². The Bertz CT molecular complexity index is 721. The van der Waals surface area contributed by atoms with Gasteiger partial charge in [-0.05, 0) is 30.3 Å². The minimum absolute atomic E-state index is 0.858. The minimum Gasteiger partial charge on any atom is -0.497 e. The van der Waals surface area contributed by atoms with Crippen LogP contribution in [-0.2, 0) is 0 Å². The van der Waals surface area contributed by atoms with Gasteiger partial charge in [-0.1, -0.05) is 34.1 Å². The fourth-order valence-corrected chi connectivity index (χ4v) is 3.25. The van der Waals surface area contributed by atoms with E-state index in [9.17, 15) is 0 Å². The largest absolute Gasteiger partial charge is 0.497 e. The Morgan fingerprint density at radius 3 is 2.50 bits per heavy atom. The van der Waals surface area contributed by atoms with E-state index in [0.29, 0.717) is 0 Å². The number of benzene rings is 2. The lowest BCUT2D eigenvalue weighted by Gasteiger charge is -2.01. The number of aromatic nitrogens is 1. The highest BCUT2D eigenvalue weighted by Crippen LogP contribution is 2.33. The standard InChI is InChI=1S/C16H12BrNOS/c1-19-12-8-6-11(7-9-12)16-18-15(10-20-16)13-4-2-3-5-14(13)17/h2-10H,1H3. The summed E-state index contributed by atoms with van der Waals surface area (Å²) in [6.45, 7) is 0. The number of ether oxygens (including phenoxy) is 1. The number of thiazole rings is 1. The molecule has 0 spiro atoms.